The number of anilines is 2. The summed E-state index contributed by atoms with van der Waals surface area (Å²) >= 11 is 1.68. The van der Waals surface area contributed by atoms with E-state index in [9.17, 15) is 4.79 Å². The van der Waals surface area contributed by atoms with Crippen LogP contribution in [0, 0.1) is 23.7 Å². The first-order valence-corrected chi connectivity index (χ1v) is 18.8. The van der Waals surface area contributed by atoms with Crippen LogP contribution >= 0.6 is 11.9 Å². The molecule has 0 amide bonds. The number of hydrogen-bond donors (Lipinski definition) is 0. The molecule has 6 heteroatoms. The van der Waals surface area contributed by atoms with E-state index >= 15 is 0 Å². The van der Waals surface area contributed by atoms with Crippen LogP contribution < -0.4 is 13.9 Å². The van der Waals surface area contributed by atoms with Crippen LogP contribution in [0.3, 0.4) is 0 Å². The van der Waals surface area contributed by atoms with Gasteiger partial charge in [0.25, 0.3) is 0 Å². The molecule has 1 atom stereocenters. The van der Waals surface area contributed by atoms with Crippen LogP contribution in [0.4, 0.5) is 11.4 Å². The molecule has 1 saturated heterocycles. The molecule has 0 bridgehead atoms. The third-order valence-electron chi connectivity index (χ3n) is 9.31. The summed E-state index contributed by atoms with van der Waals surface area (Å²) in [5.74, 6) is 3.95. The van der Waals surface area contributed by atoms with Gasteiger partial charge in [0.2, 0.25) is 0 Å². The van der Waals surface area contributed by atoms with Crippen LogP contribution in [-0.4, -0.2) is 45.7 Å². The summed E-state index contributed by atoms with van der Waals surface area (Å²) in [6, 6.07) is 14.7. The number of carbonyl (C=O) groups is 1. The zero-order valence-corrected chi connectivity index (χ0v) is 31.0. The Morgan fingerprint density at radius 3 is 1.89 bits per heavy atom. The van der Waals surface area contributed by atoms with Gasteiger partial charge in [0.05, 0.1) is 5.56 Å². The molecular weight excluding hydrogens is 601 g/mol. The minimum atomic E-state index is -0.0231. The van der Waals surface area contributed by atoms with E-state index in [2.05, 4.69) is 94.5 Å². The van der Waals surface area contributed by atoms with Crippen LogP contribution in [0.5, 0.6) is 5.75 Å². The van der Waals surface area contributed by atoms with Gasteiger partial charge in [-0.25, -0.2) is 0 Å². The number of ether oxygens (including phenoxy) is 2. The normalized spacial score (nSPS) is 19.3. The second-order valence-electron chi connectivity index (χ2n) is 14.2. The number of fused-ring (bicyclic) bond motifs is 1. The van der Waals surface area contributed by atoms with Crippen LogP contribution in [-0.2, 0) is 4.74 Å². The van der Waals surface area contributed by atoms with Gasteiger partial charge in [-0.15, -0.1) is 0 Å². The molecule has 0 aromatic heterocycles. The fraction of sp³-hybridized carbons (Fsp3) is 0.585. The van der Waals surface area contributed by atoms with E-state index < -0.39 is 0 Å². The van der Waals surface area contributed by atoms with E-state index in [1.807, 2.05) is 12.1 Å². The molecule has 4 aliphatic rings. The van der Waals surface area contributed by atoms with Gasteiger partial charge in [0, 0.05) is 62.5 Å². The second-order valence-corrected chi connectivity index (χ2v) is 15.3. The quantitative estimate of drug-likeness (QED) is 0.207. The SMILES string of the molecule is C=CC=C.CC(C)CN(Sc1ccc2c(c1)C(=O)CC(C1CCOCC1)O2)c1ccc(N(C)C)cc1.CC1CCC1.CC1CCCC1. The van der Waals surface area contributed by atoms with E-state index in [-0.39, 0.29) is 11.9 Å². The summed E-state index contributed by atoms with van der Waals surface area (Å²) in [4.78, 5) is 16.1. The number of allylic oxidation sites excluding steroid dienone is 2. The first-order valence-electron chi connectivity index (χ1n) is 18.0. The molecule has 2 aromatic carbocycles. The van der Waals surface area contributed by atoms with E-state index in [4.69, 9.17) is 9.47 Å². The Labute approximate surface area is 291 Å². The summed E-state index contributed by atoms with van der Waals surface area (Å²) in [5.41, 5.74) is 3.05. The first kappa shape index (κ1) is 38.7. The summed E-state index contributed by atoms with van der Waals surface area (Å²) in [6.45, 7) is 18.3. The van der Waals surface area contributed by atoms with Crippen LogP contribution in [0.15, 0.2) is 72.7 Å². The maximum atomic E-state index is 13.0. The molecule has 2 aromatic rings. The van der Waals surface area contributed by atoms with Gasteiger partial charge >= 0.3 is 0 Å². The number of hydrogen-bond acceptors (Lipinski definition) is 6. The number of benzene rings is 2. The fourth-order valence-electron chi connectivity index (χ4n) is 6.05. The predicted molar refractivity (Wildman–Crippen MR) is 203 cm³/mol. The van der Waals surface area contributed by atoms with E-state index in [1.165, 1.54) is 50.6 Å². The Morgan fingerprint density at radius 1 is 0.851 bits per heavy atom. The molecule has 1 unspecified atom stereocenters. The zero-order chi connectivity index (χ0) is 34.2. The molecule has 0 N–H and O–H groups in total. The Hall–Kier alpha value is -2.70. The average molecular weight is 663 g/mol. The molecule has 2 heterocycles. The standard InChI is InChI=1S/C26H34N2O3S.C6H12.C5H10.C4H6/c1-18(2)17-28(21-7-5-20(6-8-21)27(3)4)32-22-9-10-25-23(15-22)24(29)16-26(31-25)19-11-13-30-14-12-19;1-6-4-2-3-5-6;1-5-3-2-4-5;1-3-4-2/h5-10,15,18-19,26H,11-14,16-17H2,1-4H3;6H,2-5H2,1H3;5H,2-4H2,1H3;3-4H,1-2H2. The molecule has 6 rings (SSSR count). The topological polar surface area (TPSA) is 42.0 Å². The summed E-state index contributed by atoms with van der Waals surface area (Å²) in [7, 11) is 4.10. The molecule has 0 spiro atoms. The van der Waals surface area contributed by atoms with E-state index in [1.54, 1.807) is 24.1 Å². The van der Waals surface area contributed by atoms with Crippen molar-refractivity contribution in [1.82, 2.24) is 0 Å². The summed E-state index contributed by atoms with van der Waals surface area (Å²) < 4.78 is 14.1. The number of ketones is 1. The summed E-state index contributed by atoms with van der Waals surface area (Å²) in [5, 5.41) is 0. The molecule has 0 radical (unpaired) electrons. The molecule has 2 saturated carbocycles. The molecule has 260 valence electrons. The van der Waals surface area contributed by atoms with Crippen molar-refractivity contribution in [1.29, 1.82) is 0 Å². The van der Waals surface area contributed by atoms with Crippen molar-refractivity contribution in [2.75, 3.05) is 43.1 Å². The zero-order valence-electron chi connectivity index (χ0n) is 30.2. The third-order valence-corrected chi connectivity index (χ3v) is 10.4. The minimum Gasteiger partial charge on any atom is -0.489 e. The maximum Gasteiger partial charge on any atom is 0.170 e. The largest absolute Gasteiger partial charge is 0.489 e. The van der Waals surface area contributed by atoms with Crippen molar-refractivity contribution >= 4 is 29.1 Å². The van der Waals surface area contributed by atoms with Crippen LogP contribution in [0.25, 0.3) is 0 Å². The number of rotatable bonds is 8. The smallest absolute Gasteiger partial charge is 0.170 e. The van der Waals surface area contributed by atoms with Gasteiger partial charge in [-0.1, -0.05) is 98.0 Å². The lowest BCUT2D eigenvalue weighted by Gasteiger charge is -2.34. The predicted octanol–water partition coefficient (Wildman–Crippen LogP) is 11.0. The van der Waals surface area contributed by atoms with Gasteiger partial charge in [-0.2, -0.15) is 0 Å². The summed E-state index contributed by atoms with van der Waals surface area (Å²) in [6.07, 6.45) is 16.1. The second kappa shape index (κ2) is 20.6. The number of carbonyl (C=O) groups excluding carboxylic acids is 1. The highest BCUT2D eigenvalue weighted by Crippen LogP contribution is 2.38. The van der Waals surface area contributed by atoms with Crippen molar-refractivity contribution in [3.05, 3.63) is 73.3 Å². The lowest BCUT2D eigenvalue weighted by Crippen LogP contribution is -2.36. The Bertz CT molecular complexity index is 1210. The van der Waals surface area contributed by atoms with Gasteiger partial charge < -0.3 is 18.7 Å². The Morgan fingerprint density at radius 2 is 1.43 bits per heavy atom. The number of Topliss-reactive ketones (excluding diaryl/α,β-unsaturated/α-hetero) is 1. The molecule has 5 nitrogen and oxygen atoms in total. The Balaban J connectivity index is 0.000000327. The molecule has 47 heavy (non-hydrogen) atoms. The molecule has 2 aliphatic carbocycles. The lowest BCUT2D eigenvalue weighted by molar-refractivity contribution is 0.0119. The average Bonchev–Trinajstić information content (AvgIpc) is 3.55. The van der Waals surface area contributed by atoms with E-state index in [0.717, 1.165) is 60.8 Å². The maximum absolute atomic E-state index is 13.0. The van der Waals surface area contributed by atoms with E-state index in [0.29, 0.717) is 23.8 Å². The molecule has 2 aliphatic heterocycles. The number of nitrogens with zero attached hydrogens (tertiary/aromatic N) is 2. The van der Waals surface area contributed by atoms with Crippen molar-refractivity contribution in [3.8, 4) is 5.75 Å². The van der Waals surface area contributed by atoms with Crippen molar-refractivity contribution in [2.24, 2.45) is 23.7 Å². The third kappa shape index (κ3) is 13.4. The van der Waals surface area contributed by atoms with Crippen molar-refractivity contribution < 1.29 is 14.3 Å². The van der Waals surface area contributed by atoms with Gasteiger partial charge in [-0.05, 0) is 85.0 Å². The lowest BCUT2D eigenvalue weighted by atomic mass is 9.87. The van der Waals surface area contributed by atoms with Crippen LogP contribution in [0.1, 0.15) is 102 Å². The van der Waals surface area contributed by atoms with Crippen LogP contribution in [0.2, 0.25) is 0 Å². The highest BCUT2D eigenvalue weighted by atomic mass is 32.2. The monoisotopic (exact) mass is 662 g/mol. The minimum absolute atomic E-state index is 0.0231. The van der Waals surface area contributed by atoms with Gasteiger partial charge in [0.1, 0.15) is 11.9 Å². The van der Waals surface area contributed by atoms with Crippen molar-refractivity contribution in [3.63, 3.8) is 0 Å². The molecule has 3 fully saturated rings. The van der Waals surface area contributed by atoms with Crippen molar-refractivity contribution in [2.45, 2.75) is 103 Å². The van der Waals surface area contributed by atoms with Gasteiger partial charge in [0.15, 0.2) is 5.78 Å². The first-order chi connectivity index (χ1) is 22.6. The highest BCUT2D eigenvalue weighted by Gasteiger charge is 2.33. The van der Waals surface area contributed by atoms with Gasteiger partial charge in [-0.3, -0.25) is 4.79 Å². The Kier molecular flexibility index (Phi) is 17.0. The fourth-order valence-corrected chi connectivity index (χ4v) is 7.20. The molecular formula is C41H62N2O3S. The highest BCUT2D eigenvalue weighted by molar-refractivity contribution is 8.00.